The standard InChI is InChI=1S/C10H14N4OS/c1-7-9(16-8(2)12-7)10-13-11-6-14(10)4-5-15-3/h6H,4-5H2,1-3H3. The van der Waals surface area contributed by atoms with Crippen LogP contribution in [0.1, 0.15) is 10.7 Å². The number of aromatic nitrogens is 4. The van der Waals surface area contributed by atoms with Gasteiger partial charge in [0.1, 0.15) is 6.33 Å². The van der Waals surface area contributed by atoms with Crippen molar-refractivity contribution in [1.29, 1.82) is 0 Å². The quantitative estimate of drug-likeness (QED) is 0.813. The maximum Gasteiger partial charge on any atom is 0.175 e. The van der Waals surface area contributed by atoms with Crippen molar-refractivity contribution in [2.24, 2.45) is 0 Å². The molecule has 0 saturated carbocycles. The first-order chi connectivity index (χ1) is 7.72. The van der Waals surface area contributed by atoms with Crippen molar-refractivity contribution >= 4 is 11.3 Å². The van der Waals surface area contributed by atoms with Crippen molar-refractivity contribution in [2.45, 2.75) is 20.4 Å². The van der Waals surface area contributed by atoms with Crippen molar-refractivity contribution in [1.82, 2.24) is 19.7 Å². The van der Waals surface area contributed by atoms with E-state index in [4.69, 9.17) is 4.74 Å². The van der Waals surface area contributed by atoms with Crippen molar-refractivity contribution in [3.05, 3.63) is 17.0 Å². The van der Waals surface area contributed by atoms with Gasteiger partial charge in [0.05, 0.1) is 22.2 Å². The molecular formula is C10H14N4OS. The molecule has 0 N–H and O–H groups in total. The minimum Gasteiger partial charge on any atom is -0.383 e. The van der Waals surface area contributed by atoms with Crippen LogP contribution in [0.2, 0.25) is 0 Å². The highest BCUT2D eigenvalue weighted by Gasteiger charge is 2.13. The van der Waals surface area contributed by atoms with E-state index in [1.54, 1.807) is 24.8 Å². The molecule has 0 fully saturated rings. The van der Waals surface area contributed by atoms with Crippen molar-refractivity contribution in [3.63, 3.8) is 0 Å². The SMILES string of the molecule is COCCn1cnnc1-c1sc(C)nc1C. The maximum absolute atomic E-state index is 5.05. The van der Waals surface area contributed by atoms with Gasteiger partial charge in [0.15, 0.2) is 5.82 Å². The summed E-state index contributed by atoms with van der Waals surface area (Å²) in [6.07, 6.45) is 1.73. The molecule has 2 rings (SSSR count). The zero-order valence-electron chi connectivity index (χ0n) is 9.60. The summed E-state index contributed by atoms with van der Waals surface area (Å²) < 4.78 is 7.04. The summed E-state index contributed by atoms with van der Waals surface area (Å²) >= 11 is 1.64. The third-order valence-electron chi connectivity index (χ3n) is 2.26. The smallest absolute Gasteiger partial charge is 0.175 e. The van der Waals surface area contributed by atoms with Crippen LogP contribution >= 0.6 is 11.3 Å². The fourth-order valence-electron chi connectivity index (χ4n) is 1.52. The van der Waals surface area contributed by atoms with E-state index in [0.717, 1.165) is 27.9 Å². The third-order valence-corrected chi connectivity index (χ3v) is 3.33. The largest absolute Gasteiger partial charge is 0.383 e. The summed E-state index contributed by atoms with van der Waals surface area (Å²) in [6.45, 7) is 5.41. The number of methoxy groups -OCH3 is 1. The van der Waals surface area contributed by atoms with Crippen LogP contribution in [0, 0.1) is 13.8 Å². The van der Waals surface area contributed by atoms with Crippen LogP contribution in [0.4, 0.5) is 0 Å². The van der Waals surface area contributed by atoms with Crippen LogP contribution in [-0.2, 0) is 11.3 Å². The molecule has 0 saturated heterocycles. The minimum absolute atomic E-state index is 0.655. The molecule has 0 aliphatic carbocycles. The molecular weight excluding hydrogens is 224 g/mol. The van der Waals surface area contributed by atoms with Gasteiger partial charge in [-0.2, -0.15) is 0 Å². The molecule has 0 aromatic carbocycles. The van der Waals surface area contributed by atoms with Gasteiger partial charge in [0, 0.05) is 13.7 Å². The predicted molar refractivity (Wildman–Crippen MR) is 62.5 cm³/mol. The number of rotatable bonds is 4. The molecule has 0 spiro atoms. The lowest BCUT2D eigenvalue weighted by Crippen LogP contribution is -2.04. The molecule has 0 radical (unpaired) electrons. The van der Waals surface area contributed by atoms with Crippen LogP contribution < -0.4 is 0 Å². The number of aryl methyl sites for hydroxylation is 2. The van der Waals surface area contributed by atoms with Gasteiger partial charge in [-0.25, -0.2) is 4.98 Å². The highest BCUT2D eigenvalue weighted by atomic mass is 32.1. The number of ether oxygens (including phenoxy) is 1. The molecule has 86 valence electrons. The Morgan fingerprint density at radius 2 is 2.25 bits per heavy atom. The van der Waals surface area contributed by atoms with Gasteiger partial charge >= 0.3 is 0 Å². The lowest BCUT2D eigenvalue weighted by atomic mass is 10.4. The van der Waals surface area contributed by atoms with Gasteiger partial charge in [-0.1, -0.05) is 0 Å². The molecule has 0 aliphatic heterocycles. The second kappa shape index (κ2) is 4.71. The monoisotopic (exact) mass is 238 g/mol. The van der Waals surface area contributed by atoms with Gasteiger partial charge < -0.3 is 9.30 Å². The molecule has 0 aliphatic rings. The molecule has 5 nitrogen and oxygen atoms in total. The first kappa shape index (κ1) is 11.2. The highest BCUT2D eigenvalue weighted by Crippen LogP contribution is 2.27. The van der Waals surface area contributed by atoms with Gasteiger partial charge in [-0.15, -0.1) is 21.5 Å². The number of hydrogen-bond donors (Lipinski definition) is 0. The topological polar surface area (TPSA) is 52.8 Å². The van der Waals surface area contributed by atoms with Crippen LogP contribution in [0.5, 0.6) is 0 Å². The van der Waals surface area contributed by atoms with E-state index in [2.05, 4.69) is 15.2 Å². The predicted octanol–water partition coefficient (Wildman–Crippen LogP) is 1.66. The minimum atomic E-state index is 0.655. The number of thiazole rings is 1. The lowest BCUT2D eigenvalue weighted by molar-refractivity contribution is 0.187. The Morgan fingerprint density at radius 1 is 1.44 bits per heavy atom. The fraction of sp³-hybridized carbons (Fsp3) is 0.500. The van der Waals surface area contributed by atoms with E-state index in [-0.39, 0.29) is 0 Å². The second-order valence-corrected chi connectivity index (χ2v) is 4.69. The van der Waals surface area contributed by atoms with Gasteiger partial charge in [-0.3, -0.25) is 0 Å². The van der Waals surface area contributed by atoms with Crippen LogP contribution in [-0.4, -0.2) is 33.5 Å². The average Bonchev–Trinajstić information content (AvgIpc) is 2.81. The van der Waals surface area contributed by atoms with Gasteiger partial charge in [0.25, 0.3) is 0 Å². The van der Waals surface area contributed by atoms with Gasteiger partial charge in [-0.05, 0) is 13.8 Å². The van der Waals surface area contributed by atoms with E-state index >= 15 is 0 Å². The summed E-state index contributed by atoms with van der Waals surface area (Å²) in [5.41, 5.74) is 1.01. The third kappa shape index (κ3) is 2.12. The van der Waals surface area contributed by atoms with E-state index in [1.807, 2.05) is 18.4 Å². The first-order valence-corrected chi connectivity index (χ1v) is 5.85. The number of nitrogens with zero attached hydrogens (tertiary/aromatic N) is 4. The lowest BCUT2D eigenvalue weighted by Gasteiger charge is -2.04. The zero-order chi connectivity index (χ0) is 11.5. The molecule has 2 aromatic rings. The molecule has 16 heavy (non-hydrogen) atoms. The Hall–Kier alpha value is -1.27. The van der Waals surface area contributed by atoms with Crippen LogP contribution in [0.3, 0.4) is 0 Å². The fourth-order valence-corrected chi connectivity index (χ4v) is 2.44. The average molecular weight is 238 g/mol. The Morgan fingerprint density at radius 3 is 2.88 bits per heavy atom. The summed E-state index contributed by atoms with van der Waals surface area (Å²) in [4.78, 5) is 5.48. The Kier molecular flexibility index (Phi) is 3.31. The number of hydrogen-bond acceptors (Lipinski definition) is 5. The molecule has 0 bridgehead atoms. The molecule has 2 aromatic heterocycles. The van der Waals surface area contributed by atoms with E-state index in [0.29, 0.717) is 6.61 Å². The Labute approximate surface area is 98.1 Å². The Balaban J connectivity index is 2.33. The summed E-state index contributed by atoms with van der Waals surface area (Å²) in [5.74, 6) is 0.875. The molecule has 2 heterocycles. The summed E-state index contributed by atoms with van der Waals surface area (Å²) in [7, 11) is 1.69. The van der Waals surface area contributed by atoms with Crippen molar-refractivity contribution in [3.8, 4) is 10.7 Å². The van der Waals surface area contributed by atoms with E-state index in [1.165, 1.54) is 0 Å². The Bertz CT molecular complexity index is 477. The maximum atomic E-state index is 5.05. The van der Waals surface area contributed by atoms with Crippen molar-refractivity contribution in [2.75, 3.05) is 13.7 Å². The van der Waals surface area contributed by atoms with Crippen molar-refractivity contribution < 1.29 is 4.74 Å². The zero-order valence-corrected chi connectivity index (χ0v) is 10.4. The van der Waals surface area contributed by atoms with Gasteiger partial charge in [0.2, 0.25) is 0 Å². The highest BCUT2D eigenvalue weighted by molar-refractivity contribution is 7.15. The molecule has 0 atom stereocenters. The first-order valence-electron chi connectivity index (χ1n) is 5.03. The molecule has 6 heteroatoms. The summed E-state index contributed by atoms with van der Waals surface area (Å²) in [6, 6.07) is 0. The summed E-state index contributed by atoms with van der Waals surface area (Å²) in [5, 5.41) is 9.13. The molecule has 0 unspecified atom stereocenters. The van der Waals surface area contributed by atoms with Crippen LogP contribution in [0.15, 0.2) is 6.33 Å². The van der Waals surface area contributed by atoms with Crippen LogP contribution in [0.25, 0.3) is 10.7 Å². The van der Waals surface area contributed by atoms with E-state index < -0.39 is 0 Å². The normalized spacial score (nSPS) is 10.9. The van der Waals surface area contributed by atoms with E-state index in [9.17, 15) is 0 Å². The molecule has 0 amide bonds. The second-order valence-electron chi connectivity index (χ2n) is 3.49.